The van der Waals surface area contributed by atoms with Crippen molar-refractivity contribution in [3.05, 3.63) is 48.7 Å². The number of hydrogen-bond donors (Lipinski definition) is 1. The van der Waals surface area contributed by atoms with Gasteiger partial charge in [0.05, 0.1) is 11.1 Å². The fourth-order valence-electron chi connectivity index (χ4n) is 1.43. The maximum Gasteiger partial charge on any atom is 0.334 e. The predicted octanol–water partition coefficient (Wildman–Crippen LogP) is 2.25. The summed E-state index contributed by atoms with van der Waals surface area (Å²) < 4.78 is 5.42. The molecule has 1 N–H and O–H groups in total. The maximum atomic E-state index is 10.6. The van der Waals surface area contributed by atoms with E-state index in [1.165, 1.54) is 0 Å². The second-order valence-electron chi connectivity index (χ2n) is 3.52. The molecule has 0 amide bonds. The molecule has 0 radical (unpaired) electrons. The zero-order valence-electron chi connectivity index (χ0n) is 9.09. The normalized spacial score (nSPS) is 10.1. The van der Waals surface area contributed by atoms with Crippen molar-refractivity contribution in [3.8, 4) is 5.75 Å². The second kappa shape index (κ2) is 4.65. The highest BCUT2D eigenvalue weighted by Crippen LogP contribution is 2.23. The van der Waals surface area contributed by atoms with Crippen molar-refractivity contribution < 1.29 is 14.6 Å². The molecule has 0 fully saturated rings. The Morgan fingerprint density at radius 1 is 1.35 bits per heavy atom. The van der Waals surface area contributed by atoms with E-state index in [1.807, 2.05) is 18.2 Å². The van der Waals surface area contributed by atoms with E-state index in [1.54, 1.807) is 18.3 Å². The van der Waals surface area contributed by atoms with Crippen LogP contribution in [0.3, 0.4) is 0 Å². The number of rotatable bonds is 4. The molecule has 86 valence electrons. The third kappa shape index (κ3) is 2.42. The Labute approximate surface area is 98.2 Å². The van der Waals surface area contributed by atoms with Crippen molar-refractivity contribution in [2.75, 3.05) is 6.61 Å². The van der Waals surface area contributed by atoms with Crippen LogP contribution in [0.5, 0.6) is 5.75 Å². The van der Waals surface area contributed by atoms with Crippen LogP contribution >= 0.6 is 0 Å². The first-order valence-electron chi connectivity index (χ1n) is 5.06. The van der Waals surface area contributed by atoms with Crippen LogP contribution in [-0.2, 0) is 4.79 Å². The Bertz CT molecular complexity index is 572. The van der Waals surface area contributed by atoms with Crippen LogP contribution in [-0.4, -0.2) is 22.7 Å². The first kappa shape index (κ1) is 11.1. The fraction of sp³-hybridized carbons (Fsp3) is 0.0769. The topological polar surface area (TPSA) is 59.4 Å². The summed E-state index contributed by atoms with van der Waals surface area (Å²) in [4.78, 5) is 14.8. The number of fused-ring (bicyclic) bond motifs is 1. The summed E-state index contributed by atoms with van der Waals surface area (Å²) in [6, 6.07) is 9.14. The second-order valence-corrected chi connectivity index (χ2v) is 3.52. The van der Waals surface area contributed by atoms with Gasteiger partial charge in [0.2, 0.25) is 0 Å². The average molecular weight is 229 g/mol. The highest BCUT2D eigenvalue weighted by molar-refractivity contribution is 5.87. The van der Waals surface area contributed by atoms with Crippen LogP contribution in [0, 0.1) is 0 Å². The van der Waals surface area contributed by atoms with E-state index in [0.717, 1.165) is 10.9 Å². The summed E-state index contributed by atoms with van der Waals surface area (Å²) in [6.45, 7) is 3.37. The molecule has 1 heterocycles. The summed E-state index contributed by atoms with van der Waals surface area (Å²) in [5.74, 6) is -0.443. The van der Waals surface area contributed by atoms with Crippen molar-refractivity contribution in [1.29, 1.82) is 0 Å². The van der Waals surface area contributed by atoms with Gasteiger partial charge in [0, 0.05) is 11.6 Å². The van der Waals surface area contributed by atoms with Gasteiger partial charge in [-0.05, 0) is 24.3 Å². The lowest BCUT2D eigenvalue weighted by atomic mass is 10.2. The van der Waals surface area contributed by atoms with Gasteiger partial charge in [0.1, 0.15) is 12.4 Å². The lowest BCUT2D eigenvalue weighted by Crippen LogP contribution is -2.09. The molecular weight excluding hydrogens is 218 g/mol. The van der Waals surface area contributed by atoms with Crippen LogP contribution < -0.4 is 4.74 Å². The maximum absolute atomic E-state index is 10.6. The summed E-state index contributed by atoms with van der Waals surface area (Å²) >= 11 is 0. The van der Waals surface area contributed by atoms with E-state index >= 15 is 0 Å². The fourth-order valence-corrected chi connectivity index (χ4v) is 1.43. The number of carboxylic acid groups (broad SMARTS) is 1. The monoisotopic (exact) mass is 229 g/mol. The molecule has 1 aromatic carbocycles. The molecule has 2 aromatic rings. The predicted molar refractivity (Wildman–Crippen MR) is 64.0 cm³/mol. The first-order valence-corrected chi connectivity index (χ1v) is 5.06. The van der Waals surface area contributed by atoms with E-state index in [-0.39, 0.29) is 12.2 Å². The van der Waals surface area contributed by atoms with Gasteiger partial charge in [0.25, 0.3) is 0 Å². The molecule has 0 unspecified atom stereocenters. The molecule has 0 saturated carbocycles. The van der Waals surface area contributed by atoms with Crippen LogP contribution in [0.25, 0.3) is 10.9 Å². The quantitative estimate of drug-likeness (QED) is 0.817. The molecule has 0 saturated heterocycles. The molecule has 2 rings (SSSR count). The Hall–Kier alpha value is -2.36. The van der Waals surface area contributed by atoms with E-state index < -0.39 is 5.97 Å². The van der Waals surface area contributed by atoms with Gasteiger partial charge in [-0.15, -0.1) is 0 Å². The number of hydrogen-bond acceptors (Lipinski definition) is 3. The van der Waals surface area contributed by atoms with Gasteiger partial charge in [-0.2, -0.15) is 0 Å². The van der Waals surface area contributed by atoms with Gasteiger partial charge in [-0.3, -0.25) is 4.98 Å². The van der Waals surface area contributed by atoms with Crippen molar-refractivity contribution in [2.24, 2.45) is 0 Å². The minimum Gasteiger partial charge on any atom is -0.488 e. The summed E-state index contributed by atoms with van der Waals surface area (Å²) in [7, 11) is 0. The molecule has 0 aliphatic heterocycles. The molecule has 0 bridgehead atoms. The van der Waals surface area contributed by atoms with E-state index in [2.05, 4.69) is 11.6 Å². The Kier molecular flexibility index (Phi) is 3.05. The van der Waals surface area contributed by atoms with Crippen LogP contribution in [0.1, 0.15) is 0 Å². The third-order valence-corrected chi connectivity index (χ3v) is 2.31. The largest absolute Gasteiger partial charge is 0.488 e. The Morgan fingerprint density at radius 3 is 2.94 bits per heavy atom. The summed E-state index contributed by atoms with van der Waals surface area (Å²) in [5.41, 5.74) is 0.830. The standard InChI is InChI=1S/C13H11NO3/c1-9(13(15)16)8-17-12-6-2-5-11-10(12)4-3-7-14-11/h2-7H,1,8H2,(H,15,16). The van der Waals surface area contributed by atoms with Crippen molar-refractivity contribution in [1.82, 2.24) is 4.98 Å². The molecular formula is C13H11NO3. The molecule has 0 spiro atoms. The third-order valence-electron chi connectivity index (χ3n) is 2.31. The number of carboxylic acids is 1. The van der Waals surface area contributed by atoms with Crippen LogP contribution in [0.2, 0.25) is 0 Å². The lowest BCUT2D eigenvalue weighted by Gasteiger charge is -2.08. The van der Waals surface area contributed by atoms with E-state index in [0.29, 0.717) is 5.75 Å². The zero-order valence-corrected chi connectivity index (χ0v) is 9.09. The number of carbonyl (C=O) groups is 1. The molecule has 17 heavy (non-hydrogen) atoms. The van der Waals surface area contributed by atoms with Gasteiger partial charge in [-0.25, -0.2) is 4.79 Å². The Morgan fingerprint density at radius 2 is 2.18 bits per heavy atom. The van der Waals surface area contributed by atoms with Gasteiger partial charge >= 0.3 is 5.97 Å². The number of nitrogens with zero attached hydrogens (tertiary/aromatic N) is 1. The molecule has 1 aromatic heterocycles. The highest BCUT2D eigenvalue weighted by atomic mass is 16.5. The molecule has 0 aliphatic rings. The van der Waals surface area contributed by atoms with Crippen LogP contribution in [0.15, 0.2) is 48.7 Å². The number of aromatic nitrogens is 1. The number of benzene rings is 1. The summed E-state index contributed by atoms with van der Waals surface area (Å²) in [6.07, 6.45) is 1.70. The first-order chi connectivity index (χ1) is 8.18. The number of aliphatic carboxylic acids is 1. The minimum absolute atomic E-state index is 0.0193. The van der Waals surface area contributed by atoms with E-state index in [4.69, 9.17) is 9.84 Å². The Balaban J connectivity index is 2.24. The SMILES string of the molecule is C=C(COc1cccc2ncccc12)C(=O)O. The average Bonchev–Trinajstić information content (AvgIpc) is 2.35. The van der Waals surface area contributed by atoms with Crippen molar-refractivity contribution >= 4 is 16.9 Å². The molecule has 0 atom stereocenters. The van der Waals surface area contributed by atoms with Crippen molar-refractivity contribution in [2.45, 2.75) is 0 Å². The number of ether oxygens (including phenoxy) is 1. The van der Waals surface area contributed by atoms with E-state index in [9.17, 15) is 4.79 Å². The minimum atomic E-state index is -1.05. The lowest BCUT2D eigenvalue weighted by molar-refractivity contribution is -0.133. The molecule has 4 nitrogen and oxygen atoms in total. The van der Waals surface area contributed by atoms with Gasteiger partial charge in [-0.1, -0.05) is 12.6 Å². The van der Waals surface area contributed by atoms with Crippen LogP contribution in [0.4, 0.5) is 0 Å². The van der Waals surface area contributed by atoms with Gasteiger partial charge in [0.15, 0.2) is 0 Å². The highest BCUT2D eigenvalue weighted by Gasteiger charge is 2.06. The molecule has 0 aliphatic carbocycles. The summed E-state index contributed by atoms with van der Waals surface area (Å²) in [5, 5.41) is 9.54. The smallest absolute Gasteiger partial charge is 0.334 e. The molecule has 4 heteroatoms. The zero-order chi connectivity index (χ0) is 12.3. The number of pyridine rings is 1. The van der Waals surface area contributed by atoms with Crippen molar-refractivity contribution in [3.63, 3.8) is 0 Å². The van der Waals surface area contributed by atoms with Gasteiger partial charge < -0.3 is 9.84 Å².